The zero-order chi connectivity index (χ0) is 17.3. The Kier molecular flexibility index (Phi) is 5.51. The fraction of sp³-hybridized carbons (Fsp3) is 0.714. The Morgan fingerprint density at radius 2 is 0.909 bits per heavy atom. The molecule has 126 valence electrons. The molecular formula is C14H30N2O3Si3. The first kappa shape index (κ1) is 19.2. The molecule has 0 aliphatic heterocycles. The van der Waals surface area contributed by atoms with Crippen molar-refractivity contribution >= 4 is 25.0 Å². The lowest BCUT2D eigenvalue weighted by Crippen LogP contribution is -2.34. The van der Waals surface area contributed by atoms with Crippen LogP contribution in [0.2, 0.25) is 58.9 Å². The topological polar surface area (TPSA) is 53.5 Å². The highest BCUT2D eigenvalue weighted by molar-refractivity contribution is 6.71. The summed E-state index contributed by atoms with van der Waals surface area (Å²) in [5, 5.41) is 0. The van der Waals surface area contributed by atoms with Gasteiger partial charge in [0, 0.05) is 0 Å². The third-order valence-electron chi connectivity index (χ3n) is 2.24. The van der Waals surface area contributed by atoms with Gasteiger partial charge in [-0.05, 0) is 65.8 Å². The molecule has 0 spiro atoms. The molecule has 0 N–H and O–H groups in total. The standard InChI is InChI=1S/C14H30N2O3Si3/c1-11-12(17-20(2,3)4)15-14(19-22(8,9)10)16-13(11)18-21(5,6)7/h1-10H3. The van der Waals surface area contributed by atoms with Crippen molar-refractivity contribution < 1.29 is 13.3 Å². The second-order valence-corrected chi connectivity index (χ2v) is 21.7. The van der Waals surface area contributed by atoms with Gasteiger partial charge in [-0.3, -0.25) is 0 Å². The Morgan fingerprint density at radius 1 is 0.591 bits per heavy atom. The van der Waals surface area contributed by atoms with E-state index in [9.17, 15) is 0 Å². The van der Waals surface area contributed by atoms with Crippen molar-refractivity contribution in [3.63, 3.8) is 0 Å². The Morgan fingerprint density at radius 3 is 1.18 bits per heavy atom. The summed E-state index contributed by atoms with van der Waals surface area (Å²) >= 11 is 0. The number of aromatic nitrogens is 2. The van der Waals surface area contributed by atoms with E-state index in [-0.39, 0.29) is 0 Å². The van der Waals surface area contributed by atoms with Crippen LogP contribution in [0.1, 0.15) is 5.56 Å². The van der Waals surface area contributed by atoms with Crippen LogP contribution in [0, 0.1) is 6.92 Å². The van der Waals surface area contributed by atoms with Gasteiger partial charge in [-0.15, -0.1) is 0 Å². The van der Waals surface area contributed by atoms with Crippen molar-refractivity contribution in [2.75, 3.05) is 0 Å². The third-order valence-corrected chi connectivity index (χ3v) is 4.65. The Hall–Kier alpha value is -0.869. The summed E-state index contributed by atoms with van der Waals surface area (Å²) in [5.41, 5.74) is 0.854. The monoisotopic (exact) mass is 358 g/mol. The smallest absolute Gasteiger partial charge is 0.309 e. The highest BCUT2D eigenvalue weighted by Gasteiger charge is 2.27. The van der Waals surface area contributed by atoms with E-state index in [4.69, 9.17) is 13.3 Å². The second-order valence-electron chi connectivity index (χ2n) is 8.38. The molecule has 22 heavy (non-hydrogen) atoms. The van der Waals surface area contributed by atoms with Crippen molar-refractivity contribution in [1.82, 2.24) is 9.97 Å². The van der Waals surface area contributed by atoms with Gasteiger partial charge in [-0.25, -0.2) is 0 Å². The largest absolute Gasteiger partial charge is 0.531 e. The highest BCUT2D eigenvalue weighted by Crippen LogP contribution is 2.30. The van der Waals surface area contributed by atoms with Crippen LogP contribution in [-0.2, 0) is 0 Å². The van der Waals surface area contributed by atoms with Crippen LogP contribution >= 0.6 is 0 Å². The first-order chi connectivity index (χ1) is 9.66. The molecule has 1 aromatic rings. The number of hydrogen-bond donors (Lipinski definition) is 0. The minimum Gasteiger partial charge on any atom is -0.531 e. The van der Waals surface area contributed by atoms with Crippen molar-refractivity contribution in [2.45, 2.75) is 65.8 Å². The van der Waals surface area contributed by atoms with Crippen molar-refractivity contribution in [3.05, 3.63) is 5.56 Å². The molecule has 0 aromatic carbocycles. The van der Waals surface area contributed by atoms with Crippen molar-refractivity contribution in [1.29, 1.82) is 0 Å². The molecule has 0 saturated carbocycles. The molecule has 0 unspecified atom stereocenters. The van der Waals surface area contributed by atoms with E-state index in [0.29, 0.717) is 17.8 Å². The lowest BCUT2D eigenvalue weighted by Gasteiger charge is -2.25. The van der Waals surface area contributed by atoms with E-state index < -0.39 is 25.0 Å². The van der Waals surface area contributed by atoms with E-state index in [1.807, 2.05) is 6.92 Å². The van der Waals surface area contributed by atoms with Gasteiger partial charge in [0.1, 0.15) is 0 Å². The van der Waals surface area contributed by atoms with Crippen LogP contribution in [0.25, 0.3) is 0 Å². The van der Waals surface area contributed by atoms with Gasteiger partial charge in [0.2, 0.25) is 36.7 Å². The maximum atomic E-state index is 6.10. The van der Waals surface area contributed by atoms with E-state index >= 15 is 0 Å². The maximum Gasteiger partial charge on any atom is 0.309 e. The minimum absolute atomic E-state index is 0.367. The molecule has 0 atom stereocenters. The molecule has 0 aliphatic rings. The summed E-state index contributed by atoms with van der Waals surface area (Å²) in [4.78, 5) is 8.97. The zero-order valence-electron chi connectivity index (χ0n) is 15.6. The molecule has 1 aromatic heterocycles. The summed E-state index contributed by atoms with van der Waals surface area (Å²) in [7, 11) is -5.33. The van der Waals surface area contributed by atoms with Crippen LogP contribution in [-0.4, -0.2) is 34.9 Å². The van der Waals surface area contributed by atoms with Crippen LogP contribution < -0.4 is 13.3 Å². The SMILES string of the molecule is Cc1c(O[Si](C)(C)C)nc(O[Si](C)(C)C)nc1O[Si](C)(C)C. The zero-order valence-corrected chi connectivity index (χ0v) is 18.6. The first-order valence-corrected chi connectivity index (χ1v) is 17.8. The average molecular weight is 359 g/mol. The first-order valence-electron chi connectivity index (χ1n) is 7.62. The van der Waals surface area contributed by atoms with E-state index in [1.165, 1.54) is 0 Å². The molecule has 0 saturated heterocycles. The van der Waals surface area contributed by atoms with Gasteiger partial charge in [-0.1, -0.05) is 0 Å². The molecule has 8 heteroatoms. The second kappa shape index (κ2) is 6.32. The summed E-state index contributed by atoms with van der Waals surface area (Å²) in [6.07, 6.45) is 0. The number of nitrogens with zero attached hydrogens (tertiary/aromatic N) is 2. The molecule has 0 amide bonds. The quantitative estimate of drug-likeness (QED) is 0.704. The molecule has 0 bridgehead atoms. The van der Waals surface area contributed by atoms with Crippen LogP contribution in [0.4, 0.5) is 0 Å². The molecule has 0 aliphatic carbocycles. The molecule has 0 radical (unpaired) electrons. The summed E-state index contributed by atoms with van der Waals surface area (Å²) in [6, 6.07) is 0.367. The number of rotatable bonds is 6. The predicted molar refractivity (Wildman–Crippen MR) is 98.7 cm³/mol. The molecule has 1 rings (SSSR count). The van der Waals surface area contributed by atoms with Gasteiger partial charge >= 0.3 is 6.01 Å². The summed E-state index contributed by atoms with van der Waals surface area (Å²) < 4.78 is 18.2. The Balaban J connectivity index is 3.30. The van der Waals surface area contributed by atoms with Crippen LogP contribution in [0.5, 0.6) is 17.8 Å². The van der Waals surface area contributed by atoms with E-state index in [0.717, 1.165) is 5.56 Å². The fourth-order valence-electron chi connectivity index (χ4n) is 1.56. The Labute approximate surface area is 137 Å². The molecule has 5 nitrogen and oxygen atoms in total. The van der Waals surface area contributed by atoms with E-state index in [1.54, 1.807) is 0 Å². The van der Waals surface area contributed by atoms with Crippen LogP contribution in [0.15, 0.2) is 0 Å². The van der Waals surface area contributed by atoms with Gasteiger partial charge in [0.05, 0.1) is 5.56 Å². The average Bonchev–Trinajstić information content (AvgIpc) is 2.18. The lowest BCUT2D eigenvalue weighted by atomic mass is 10.3. The molecule has 0 fully saturated rings. The maximum absolute atomic E-state index is 6.10. The summed E-state index contributed by atoms with van der Waals surface area (Å²) in [6.45, 7) is 21.1. The van der Waals surface area contributed by atoms with Gasteiger partial charge < -0.3 is 13.3 Å². The van der Waals surface area contributed by atoms with E-state index in [2.05, 4.69) is 68.9 Å². The Bertz CT molecular complexity index is 495. The lowest BCUT2D eigenvalue weighted by molar-refractivity contribution is 0.444. The van der Waals surface area contributed by atoms with Gasteiger partial charge in [-0.2, -0.15) is 9.97 Å². The van der Waals surface area contributed by atoms with Crippen molar-refractivity contribution in [2.24, 2.45) is 0 Å². The predicted octanol–water partition coefficient (Wildman–Crippen LogP) is 4.43. The van der Waals surface area contributed by atoms with Crippen molar-refractivity contribution in [3.8, 4) is 17.8 Å². The minimum atomic E-state index is -1.79. The van der Waals surface area contributed by atoms with Gasteiger partial charge in [0.25, 0.3) is 0 Å². The highest BCUT2D eigenvalue weighted by atomic mass is 28.4. The normalized spacial score (nSPS) is 13.0. The summed E-state index contributed by atoms with van der Waals surface area (Å²) in [5.74, 6) is 1.19. The van der Waals surface area contributed by atoms with Gasteiger partial charge in [0.15, 0.2) is 0 Å². The number of hydrogen-bond acceptors (Lipinski definition) is 5. The molecular weight excluding hydrogens is 328 g/mol. The molecule has 1 heterocycles. The van der Waals surface area contributed by atoms with Crippen LogP contribution in [0.3, 0.4) is 0 Å². The fourth-order valence-corrected chi connectivity index (χ4v) is 3.75. The third kappa shape index (κ3) is 6.93.